The molecule has 4 rings (SSSR count). The van der Waals surface area contributed by atoms with Gasteiger partial charge in [-0.05, 0) is 36.8 Å². The zero-order valence-corrected chi connectivity index (χ0v) is 14.6. The average molecular weight is 348 g/mol. The quantitative estimate of drug-likeness (QED) is 0.727. The summed E-state index contributed by atoms with van der Waals surface area (Å²) in [6.07, 6.45) is 1.66. The van der Waals surface area contributed by atoms with Crippen molar-refractivity contribution < 1.29 is 9.53 Å². The van der Waals surface area contributed by atoms with Crippen LogP contribution in [0.15, 0.2) is 54.7 Å². The Morgan fingerprint density at radius 3 is 2.81 bits per heavy atom. The Hall–Kier alpha value is -3.15. The summed E-state index contributed by atoms with van der Waals surface area (Å²) in [4.78, 5) is 18.8. The number of hydrogen-bond donors (Lipinski definition) is 0. The molecular formula is C20H20N4O2. The van der Waals surface area contributed by atoms with Crippen molar-refractivity contribution in [3.05, 3.63) is 77.4 Å². The number of ether oxygens (including phenoxy) is 1. The van der Waals surface area contributed by atoms with Gasteiger partial charge in [0.15, 0.2) is 0 Å². The lowest BCUT2D eigenvalue weighted by Crippen LogP contribution is -2.39. The van der Waals surface area contributed by atoms with E-state index in [1.54, 1.807) is 6.20 Å². The van der Waals surface area contributed by atoms with Crippen LogP contribution in [0.25, 0.3) is 0 Å². The Morgan fingerprint density at radius 1 is 1.15 bits per heavy atom. The highest BCUT2D eigenvalue weighted by atomic mass is 16.5. The largest absolute Gasteiger partial charge is 0.487 e. The molecular weight excluding hydrogens is 328 g/mol. The maximum atomic E-state index is 12.8. The fourth-order valence-electron chi connectivity index (χ4n) is 3.10. The molecule has 0 unspecified atom stereocenters. The molecule has 132 valence electrons. The van der Waals surface area contributed by atoms with Crippen LogP contribution in [0, 0.1) is 6.92 Å². The number of aromatic nitrogens is 3. The van der Waals surface area contributed by atoms with Gasteiger partial charge in [-0.15, -0.1) is 0 Å². The van der Waals surface area contributed by atoms with E-state index >= 15 is 0 Å². The van der Waals surface area contributed by atoms with Gasteiger partial charge < -0.3 is 9.64 Å². The Bertz CT molecular complexity index is 921. The van der Waals surface area contributed by atoms with Gasteiger partial charge in [0.2, 0.25) is 0 Å². The lowest BCUT2D eigenvalue weighted by Gasteiger charge is -2.27. The van der Waals surface area contributed by atoms with Crippen LogP contribution in [-0.2, 0) is 19.7 Å². The molecule has 0 spiro atoms. The summed E-state index contributed by atoms with van der Waals surface area (Å²) in [5.74, 6) is 0.790. The number of rotatable bonds is 4. The highest BCUT2D eigenvalue weighted by molar-refractivity contribution is 5.93. The average Bonchev–Trinajstić information content (AvgIpc) is 3.09. The van der Waals surface area contributed by atoms with Crippen molar-refractivity contribution in [1.29, 1.82) is 0 Å². The summed E-state index contributed by atoms with van der Waals surface area (Å²) in [6.45, 7) is 4.17. The van der Waals surface area contributed by atoms with Gasteiger partial charge in [0.25, 0.3) is 5.91 Å². The molecule has 1 aliphatic heterocycles. The van der Waals surface area contributed by atoms with Crippen LogP contribution in [0.5, 0.6) is 5.75 Å². The predicted octanol–water partition coefficient (Wildman–Crippen LogP) is 2.82. The monoisotopic (exact) mass is 348 g/mol. The first kappa shape index (κ1) is 16.3. The second-order valence-electron chi connectivity index (χ2n) is 6.35. The van der Waals surface area contributed by atoms with Gasteiger partial charge in [-0.3, -0.25) is 14.5 Å². The third kappa shape index (κ3) is 3.31. The van der Waals surface area contributed by atoms with Crippen molar-refractivity contribution in [2.45, 2.75) is 26.6 Å². The molecule has 1 amide bonds. The van der Waals surface area contributed by atoms with Crippen molar-refractivity contribution in [2.24, 2.45) is 0 Å². The molecule has 0 atom stereocenters. The van der Waals surface area contributed by atoms with E-state index in [-0.39, 0.29) is 5.91 Å². The Kier molecular flexibility index (Phi) is 4.39. The molecule has 0 fully saturated rings. The lowest BCUT2D eigenvalue weighted by atomic mass is 10.2. The van der Waals surface area contributed by atoms with Crippen LogP contribution in [0.2, 0.25) is 0 Å². The second-order valence-corrected chi connectivity index (χ2v) is 6.35. The van der Waals surface area contributed by atoms with E-state index in [9.17, 15) is 4.79 Å². The maximum absolute atomic E-state index is 12.8. The van der Waals surface area contributed by atoms with Gasteiger partial charge in [0, 0.05) is 12.7 Å². The van der Waals surface area contributed by atoms with Crippen molar-refractivity contribution in [1.82, 2.24) is 19.7 Å². The van der Waals surface area contributed by atoms with Crippen LogP contribution in [0.4, 0.5) is 0 Å². The highest BCUT2D eigenvalue weighted by Gasteiger charge is 2.25. The third-order valence-corrected chi connectivity index (χ3v) is 4.48. The Morgan fingerprint density at radius 2 is 2.00 bits per heavy atom. The number of carbonyl (C=O) groups is 1. The van der Waals surface area contributed by atoms with Crippen molar-refractivity contribution in [3.63, 3.8) is 0 Å². The third-order valence-electron chi connectivity index (χ3n) is 4.48. The van der Waals surface area contributed by atoms with Crippen LogP contribution in [-0.4, -0.2) is 32.1 Å². The molecule has 6 heteroatoms. The van der Waals surface area contributed by atoms with E-state index in [0.717, 1.165) is 22.7 Å². The molecule has 0 saturated heterocycles. The molecule has 2 aromatic heterocycles. The number of fused-ring (bicyclic) bond motifs is 1. The van der Waals surface area contributed by atoms with Gasteiger partial charge >= 0.3 is 0 Å². The SMILES string of the molecule is Cc1cccnc1C(=O)N1CCn2nc(COc3ccccc3)cc2C1. The second kappa shape index (κ2) is 7.00. The van der Waals surface area contributed by atoms with Gasteiger partial charge in [0.1, 0.15) is 23.7 Å². The zero-order valence-electron chi connectivity index (χ0n) is 14.6. The van der Waals surface area contributed by atoms with Crippen LogP contribution in [0.1, 0.15) is 27.4 Å². The molecule has 1 aliphatic rings. The normalized spacial score (nSPS) is 13.3. The Balaban J connectivity index is 1.45. The molecule has 3 heterocycles. The minimum atomic E-state index is -0.0300. The molecule has 1 aromatic carbocycles. The number of carbonyl (C=O) groups excluding carboxylic acids is 1. The van der Waals surface area contributed by atoms with Crippen LogP contribution in [0.3, 0.4) is 0 Å². The number of hydrogen-bond acceptors (Lipinski definition) is 4. The standard InChI is InChI=1S/C20H20N4O2/c1-15-6-5-9-21-19(15)20(25)23-10-11-24-17(13-23)12-16(22-24)14-26-18-7-3-2-4-8-18/h2-9,12H,10-11,13-14H2,1H3. The summed E-state index contributed by atoms with van der Waals surface area (Å²) in [6, 6.07) is 15.4. The van der Waals surface area contributed by atoms with E-state index in [1.807, 2.05) is 65.0 Å². The van der Waals surface area contributed by atoms with E-state index in [2.05, 4.69) is 10.1 Å². The molecule has 3 aromatic rings. The number of para-hydroxylation sites is 1. The smallest absolute Gasteiger partial charge is 0.273 e. The minimum Gasteiger partial charge on any atom is -0.487 e. The summed E-state index contributed by atoms with van der Waals surface area (Å²) >= 11 is 0. The van der Waals surface area contributed by atoms with Crippen molar-refractivity contribution in [2.75, 3.05) is 6.54 Å². The molecule has 0 bridgehead atoms. The molecule has 6 nitrogen and oxygen atoms in total. The van der Waals surface area contributed by atoms with Gasteiger partial charge in [0.05, 0.1) is 18.8 Å². The summed E-state index contributed by atoms with van der Waals surface area (Å²) in [5, 5.41) is 4.59. The van der Waals surface area contributed by atoms with Crippen LogP contribution < -0.4 is 4.74 Å². The van der Waals surface area contributed by atoms with Gasteiger partial charge in [-0.25, -0.2) is 0 Å². The summed E-state index contributed by atoms with van der Waals surface area (Å²) in [7, 11) is 0. The van der Waals surface area contributed by atoms with E-state index in [1.165, 1.54) is 0 Å². The van der Waals surface area contributed by atoms with E-state index in [4.69, 9.17) is 4.74 Å². The fraction of sp³-hybridized carbons (Fsp3) is 0.250. The zero-order chi connectivity index (χ0) is 17.9. The first-order valence-corrected chi connectivity index (χ1v) is 8.65. The molecule has 0 N–H and O–H groups in total. The summed E-state index contributed by atoms with van der Waals surface area (Å²) < 4.78 is 7.72. The van der Waals surface area contributed by atoms with Gasteiger partial charge in [-0.2, -0.15) is 5.10 Å². The van der Waals surface area contributed by atoms with Crippen molar-refractivity contribution in [3.8, 4) is 5.75 Å². The topological polar surface area (TPSA) is 60.2 Å². The number of benzene rings is 1. The maximum Gasteiger partial charge on any atom is 0.273 e. The molecule has 0 saturated carbocycles. The first-order chi connectivity index (χ1) is 12.7. The number of nitrogens with zero attached hydrogens (tertiary/aromatic N) is 4. The van der Waals surface area contributed by atoms with Crippen molar-refractivity contribution >= 4 is 5.91 Å². The number of pyridine rings is 1. The molecule has 0 aliphatic carbocycles. The predicted molar refractivity (Wildman–Crippen MR) is 96.7 cm³/mol. The molecule has 0 radical (unpaired) electrons. The van der Waals surface area contributed by atoms with E-state index in [0.29, 0.717) is 31.9 Å². The number of aryl methyl sites for hydroxylation is 1. The lowest BCUT2D eigenvalue weighted by molar-refractivity contribution is 0.0699. The number of amides is 1. The van der Waals surface area contributed by atoms with E-state index < -0.39 is 0 Å². The minimum absolute atomic E-state index is 0.0300. The molecule has 26 heavy (non-hydrogen) atoms. The van der Waals surface area contributed by atoms with Gasteiger partial charge in [-0.1, -0.05) is 24.3 Å². The first-order valence-electron chi connectivity index (χ1n) is 8.65. The Labute approximate surface area is 152 Å². The highest BCUT2D eigenvalue weighted by Crippen LogP contribution is 2.18. The summed E-state index contributed by atoms with van der Waals surface area (Å²) in [5.41, 5.74) is 3.30. The van der Waals surface area contributed by atoms with Crippen LogP contribution >= 0.6 is 0 Å². The fourth-order valence-corrected chi connectivity index (χ4v) is 3.10.